The van der Waals surface area contributed by atoms with Crippen molar-refractivity contribution in [2.75, 3.05) is 6.61 Å². The molecule has 0 unspecified atom stereocenters. The van der Waals surface area contributed by atoms with Gasteiger partial charge in [0.05, 0.1) is 13.2 Å². The van der Waals surface area contributed by atoms with Crippen molar-refractivity contribution in [2.24, 2.45) is 0 Å². The van der Waals surface area contributed by atoms with Gasteiger partial charge in [-0.05, 0) is 52.3 Å². The SMILES string of the molecule is C[C@H](NC(=O)OC(C)(C)C)C(=O)O[C@H](COCc1ccccc1)[C@H](C)Oc1ccccc1. The van der Waals surface area contributed by atoms with Crippen LogP contribution in [0.3, 0.4) is 0 Å². The first-order chi connectivity index (χ1) is 15.1. The van der Waals surface area contributed by atoms with Crippen molar-refractivity contribution >= 4 is 12.1 Å². The minimum absolute atomic E-state index is 0.133. The summed E-state index contributed by atoms with van der Waals surface area (Å²) >= 11 is 0. The minimum Gasteiger partial charge on any atom is -0.487 e. The van der Waals surface area contributed by atoms with Crippen LogP contribution in [0, 0.1) is 0 Å². The molecule has 0 fully saturated rings. The number of amides is 1. The Labute approximate surface area is 190 Å². The summed E-state index contributed by atoms with van der Waals surface area (Å²) in [6, 6.07) is 18.1. The van der Waals surface area contributed by atoms with Crippen LogP contribution in [0.25, 0.3) is 0 Å². The molecule has 32 heavy (non-hydrogen) atoms. The minimum atomic E-state index is -0.898. The Balaban J connectivity index is 1.98. The molecular weight excluding hydrogens is 410 g/mol. The molecule has 7 heteroatoms. The molecule has 174 valence electrons. The predicted molar refractivity (Wildman–Crippen MR) is 121 cm³/mol. The van der Waals surface area contributed by atoms with Gasteiger partial charge < -0.3 is 24.3 Å². The Bertz CT molecular complexity index is 835. The summed E-state index contributed by atoms with van der Waals surface area (Å²) in [5.74, 6) is 0.0525. The molecular formula is C25H33NO6. The zero-order valence-corrected chi connectivity index (χ0v) is 19.4. The second-order valence-electron chi connectivity index (χ2n) is 8.48. The number of esters is 1. The van der Waals surface area contributed by atoms with Crippen molar-refractivity contribution in [2.45, 2.75) is 65.1 Å². The number of carbonyl (C=O) groups is 2. The highest BCUT2D eigenvalue weighted by atomic mass is 16.6. The summed E-state index contributed by atoms with van der Waals surface area (Å²) in [7, 11) is 0. The zero-order chi connectivity index (χ0) is 23.6. The van der Waals surface area contributed by atoms with Crippen LogP contribution in [-0.2, 0) is 25.6 Å². The fourth-order valence-electron chi connectivity index (χ4n) is 2.72. The van der Waals surface area contributed by atoms with Crippen LogP contribution in [-0.4, -0.2) is 42.5 Å². The fraction of sp³-hybridized carbons (Fsp3) is 0.440. The average Bonchev–Trinajstić information content (AvgIpc) is 2.73. The fourth-order valence-corrected chi connectivity index (χ4v) is 2.72. The number of hydrogen-bond donors (Lipinski definition) is 1. The lowest BCUT2D eigenvalue weighted by Gasteiger charge is -2.27. The van der Waals surface area contributed by atoms with Gasteiger partial charge in [0.2, 0.25) is 0 Å². The molecule has 0 radical (unpaired) electrons. The molecule has 1 amide bonds. The summed E-state index contributed by atoms with van der Waals surface area (Å²) in [6.07, 6.45) is -1.85. The maximum absolute atomic E-state index is 12.6. The molecule has 7 nitrogen and oxygen atoms in total. The highest BCUT2D eigenvalue weighted by molar-refractivity contribution is 5.81. The lowest BCUT2D eigenvalue weighted by Crippen LogP contribution is -2.46. The standard InChI is InChI=1S/C25H33NO6/c1-18(26-24(28)32-25(3,4)5)23(27)31-22(17-29-16-20-12-8-6-9-13-20)19(2)30-21-14-10-7-11-15-21/h6-15,18-19,22H,16-17H2,1-5H3,(H,26,28)/t18-,19-,22+/m0/s1. The lowest BCUT2D eigenvalue weighted by atomic mass is 10.2. The van der Waals surface area contributed by atoms with E-state index in [-0.39, 0.29) is 6.61 Å². The van der Waals surface area contributed by atoms with Crippen LogP contribution in [0.1, 0.15) is 40.2 Å². The number of alkyl carbamates (subject to hydrolysis) is 1. The maximum atomic E-state index is 12.6. The Morgan fingerprint density at radius 1 is 0.938 bits per heavy atom. The first-order valence-electron chi connectivity index (χ1n) is 10.7. The smallest absolute Gasteiger partial charge is 0.408 e. The molecule has 2 aromatic carbocycles. The molecule has 0 saturated carbocycles. The molecule has 0 aliphatic carbocycles. The number of para-hydroxylation sites is 1. The van der Waals surface area contributed by atoms with Gasteiger partial charge in [0.15, 0.2) is 6.10 Å². The first-order valence-corrected chi connectivity index (χ1v) is 10.7. The van der Waals surface area contributed by atoms with Crippen molar-refractivity contribution < 1.29 is 28.5 Å². The molecule has 0 saturated heterocycles. The Hall–Kier alpha value is -3.06. The predicted octanol–water partition coefficient (Wildman–Crippen LogP) is 4.50. The number of carbonyl (C=O) groups excluding carboxylic acids is 2. The summed E-state index contributed by atoms with van der Waals surface area (Å²) in [5, 5.41) is 2.49. The van der Waals surface area contributed by atoms with E-state index in [0.717, 1.165) is 5.56 Å². The lowest BCUT2D eigenvalue weighted by molar-refractivity contribution is -0.160. The van der Waals surface area contributed by atoms with Crippen molar-refractivity contribution in [1.82, 2.24) is 5.32 Å². The van der Waals surface area contributed by atoms with Gasteiger partial charge >= 0.3 is 12.1 Å². The van der Waals surface area contributed by atoms with E-state index in [4.69, 9.17) is 18.9 Å². The van der Waals surface area contributed by atoms with Crippen LogP contribution in [0.2, 0.25) is 0 Å². The third-order valence-corrected chi connectivity index (χ3v) is 4.34. The third kappa shape index (κ3) is 9.39. The Morgan fingerprint density at radius 3 is 2.12 bits per heavy atom. The van der Waals surface area contributed by atoms with Gasteiger partial charge in [-0.15, -0.1) is 0 Å². The van der Waals surface area contributed by atoms with Gasteiger partial charge in [0.1, 0.15) is 23.5 Å². The molecule has 0 aliphatic heterocycles. The Kier molecular flexibility index (Phi) is 9.53. The topological polar surface area (TPSA) is 83.1 Å². The van der Waals surface area contributed by atoms with Crippen LogP contribution in [0.4, 0.5) is 4.79 Å². The molecule has 0 aromatic heterocycles. The van der Waals surface area contributed by atoms with Gasteiger partial charge in [0, 0.05) is 0 Å². The van der Waals surface area contributed by atoms with E-state index in [1.54, 1.807) is 20.8 Å². The van der Waals surface area contributed by atoms with E-state index in [0.29, 0.717) is 12.4 Å². The Morgan fingerprint density at radius 2 is 1.53 bits per heavy atom. The van der Waals surface area contributed by atoms with E-state index >= 15 is 0 Å². The summed E-state index contributed by atoms with van der Waals surface area (Å²) in [4.78, 5) is 24.6. The van der Waals surface area contributed by atoms with Crippen LogP contribution < -0.4 is 10.1 Å². The van der Waals surface area contributed by atoms with Crippen molar-refractivity contribution in [3.8, 4) is 5.75 Å². The number of rotatable bonds is 10. The number of nitrogens with one attached hydrogen (secondary N) is 1. The number of ether oxygens (including phenoxy) is 4. The molecule has 1 N–H and O–H groups in total. The summed E-state index contributed by atoms with van der Waals surface area (Å²) in [6.45, 7) is 9.10. The van der Waals surface area contributed by atoms with Crippen LogP contribution >= 0.6 is 0 Å². The van der Waals surface area contributed by atoms with E-state index < -0.39 is 35.9 Å². The average molecular weight is 444 g/mol. The van der Waals surface area contributed by atoms with Gasteiger partial charge in [-0.25, -0.2) is 9.59 Å². The van der Waals surface area contributed by atoms with E-state index in [1.807, 2.05) is 67.6 Å². The molecule has 0 bridgehead atoms. The zero-order valence-electron chi connectivity index (χ0n) is 19.4. The first kappa shape index (κ1) is 25.2. The van der Waals surface area contributed by atoms with Crippen molar-refractivity contribution in [1.29, 1.82) is 0 Å². The van der Waals surface area contributed by atoms with Crippen LogP contribution in [0.15, 0.2) is 60.7 Å². The highest BCUT2D eigenvalue weighted by Crippen LogP contribution is 2.15. The van der Waals surface area contributed by atoms with E-state index in [9.17, 15) is 9.59 Å². The number of benzene rings is 2. The molecule has 3 atom stereocenters. The van der Waals surface area contributed by atoms with Crippen LogP contribution in [0.5, 0.6) is 5.75 Å². The maximum Gasteiger partial charge on any atom is 0.408 e. The number of hydrogen-bond acceptors (Lipinski definition) is 6. The van der Waals surface area contributed by atoms with Gasteiger partial charge in [-0.3, -0.25) is 0 Å². The monoisotopic (exact) mass is 443 g/mol. The second-order valence-corrected chi connectivity index (χ2v) is 8.48. The molecule has 2 aromatic rings. The normalized spacial score (nSPS) is 14.0. The second kappa shape index (κ2) is 12.1. The quantitative estimate of drug-likeness (QED) is 0.545. The van der Waals surface area contributed by atoms with E-state index in [1.165, 1.54) is 6.92 Å². The van der Waals surface area contributed by atoms with Gasteiger partial charge in [-0.1, -0.05) is 48.5 Å². The molecule has 0 heterocycles. The van der Waals surface area contributed by atoms with E-state index in [2.05, 4.69) is 5.32 Å². The molecule has 2 rings (SSSR count). The van der Waals surface area contributed by atoms with Crippen molar-refractivity contribution in [3.63, 3.8) is 0 Å². The molecule has 0 spiro atoms. The third-order valence-electron chi connectivity index (χ3n) is 4.34. The summed E-state index contributed by atoms with van der Waals surface area (Å²) in [5.41, 5.74) is 0.341. The van der Waals surface area contributed by atoms with Crippen molar-refractivity contribution in [3.05, 3.63) is 66.2 Å². The van der Waals surface area contributed by atoms with Gasteiger partial charge in [-0.2, -0.15) is 0 Å². The molecule has 0 aliphatic rings. The largest absolute Gasteiger partial charge is 0.487 e. The van der Waals surface area contributed by atoms with Gasteiger partial charge in [0.25, 0.3) is 0 Å². The highest BCUT2D eigenvalue weighted by Gasteiger charge is 2.28. The summed E-state index contributed by atoms with van der Waals surface area (Å²) < 4.78 is 22.6.